The van der Waals surface area contributed by atoms with E-state index in [0.717, 1.165) is 0 Å². The lowest BCUT2D eigenvalue weighted by atomic mass is 10.3. The smallest absolute Gasteiger partial charge is 0.242 e. The van der Waals surface area contributed by atoms with E-state index >= 15 is 0 Å². The van der Waals surface area contributed by atoms with Crippen LogP contribution in [0.3, 0.4) is 0 Å². The summed E-state index contributed by atoms with van der Waals surface area (Å²) < 4.78 is 0. The van der Waals surface area contributed by atoms with Gasteiger partial charge in [0.1, 0.15) is 0 Å². The lowest BCUT2D eigenvalue weighted by Gasteiger charge is -2.27. The molecule has 5 nitrogen and oxygen atoms in total. The van der Waals surface area contributed by atoms with Gasteiger partial charge in [-0.25, -0.2) is 0 Å². The number of nitrogens with one attached hydrogen (secondary N) is 1. The summed E-state index contributed by atoms with van der Waals surface area (Å²) in [4.78, 5) is 23.5. The maximum Gasteiger partial charge on any atom is 0.242 e. The van der Waals surface area contributed by atoms with E-state index in [0.29, 0.717) is 6.54 Å². The third-order valence-electron chi connectivity index (χ3n) is 1.63. The quantitative estimate of drug-likeness (QED) is 0.519. The molecular formula is C7H13N3O2. The van der Waals surface area contributed by atoms with Gasteiger partial charge in [-0.1, -0.05) is 0 Å². The maximum absolute atomic E-state index is 11.1. The lowest BCUT2D eigenvalue weighted by Crippen LogP contribution is -2.54. The fourth-order valence-corrected chi connectivity index (χ4v) is 1.12. The summed E-state index contributed by atoms with van der Waals surface area (Å²) in [6, 6.07) is -0.0835. The number of piperazine rings is 1. The summed E-state index contributed by atoms with van der Waals surface area (Å²) in [5.74, 6) is -0.179. The van der Waals surface area contributed by atoms with E-state index in [1.54, 1.807) is 6.92 Å². The SMILES string of the molecule is CC(N)CN1CC(=O)NCC1=O. The van der Waals surface area contributed by atoms with Crippen molar-refractivity contribution in [3.05, 3.63) is 0 Å². The van der Waals surface area contributed by atoms with Gasteiger partial charge in [0.2, 0.25) is 11.8 Å². The Balaban J connectivity index is 2.49. The van der Waals surface area contributed by atoms with Crippen LogP contribution in [0.2, 0.25) is 0 Å². The van der Waals surface area contributed by atoms with E-state index in [4.69, 9.17) is 5.73 Å². The molecule has 2 amide bonds. The summed E-state index contributed by atoms with van der Waals surface area (Å²) in [5, 5.41) is 2.46. The number of rotatable bonds is 2. The first-order valence-electron chi connectivity index (χ1n) is 3.89. The van der Waals surface area contributed by atoms with Crippen molar-refractivity contribution in [1.82, 2.24) is 10.2 Å². The minimum Gasteiger partial charge on any atom is -0.345 e. The molecule has 0 aromatic heterocycles. The number of carbonyl (C=O) groups is 2. The van der Waals surface area contributed by atoms with Crippen LogP contribution in [0, 0.1) is 0 Å². The molecule has 1 unspecified atom stereocenters. The predicted molar refractivity (Wildman–Crippen MR) is 43.2 cm³/mol. The van der Waals surface area contributed by atoms with Crippen molar-refractivity contribution >= 4 is 11.8 Å². The van der Waals surface area contributed by atoms with Crippen LogP contribution in [-0.2, 0) is 9.59 Å². The first-order chi connectivity index (χ1) is 5.59. The van der Waals surface area contributed by atoms with Gasteiger partial charge in [-0.05, 0) is 6.92 Å². The molecular weight excluding hydrogens is 158 g/mol. The molecule has 0 aromatic rings. The van der Waals surface area contributed by atoms with Crippen LogP contribution in [-0.4, -0.2) is 42.4 Å². The van der Waals surface area contributed by atoms with E-state index in [2.05, 4.69) is 5.32 Å². The van der Waals surface area contributed by atoms with E-state index in [1.807, 2.05) is 0 Å². The molecule has 1 rings (SSSR count). The molecule has 5 heteroatoms. The predicted octanol–water partition coefficient (Wildman–Crippen LogP) is -1.71. The van der Waals surface area contributed by atoms with E-state index in [-0.39, 0.29) is 30.9 Å². The highest BCUT2D eigenvalue weighted by Gasteiger charge is 2.23. The molecule has 1 fully saturated rings. The summed E-state index contributed by atoms with van der Waals surface area (Å²) in [7, 11) is 0. The number of nitrogens with two attached hydrogens (primary N) is 1. The maximum atomic E-state index is 11.1. The highest BCUT2D eigenvalue weighted by molar-refractivity contribution is 5.92. The zero-order valence-electron chi connectivity index (χ0n) is 7.04. The second kappa shape index (κ2) is 3.53. The topological polar surface area (TPSA) is 75.4 Å². The zero-order valence-corrected chi connectivity index (χ0v) is 7.04. The first-order valence-corrected chi connectivity index (χ1v) is 3.89. The lowest BCUT2D eigenvalue weighted by molar-refractivity contribution is -0.140. The average Bonchev–Trinajstić information content (AvgIpc) is 1.96. The minimum absolute atomic E-state index is 0.0631. The van der Waals surface area contributed by atoms with Crippen LogP contribution < -0.4 is 11.1 Å². The number of hydrogen-bond donors (Lipinski definition) is 2. The average molecular weight is 171 g/mol. The molecule has 0 radical (unpaired) electrons. The fourth-order valence-electron chi connectivity index (χ4n) is 1.12. The highest BCUT2D eigenvalue weighted by atomic mass is 16.2. The normalized spacial score (nSPS) is 20.7. The molecule has 0 aliphatic carbocycles. The largest absolute Gasteiger partial charge is 0.345 e. The minimum atomic E-state index is -0.116. The molecule has 0 spiro atoms. The molecule has 1 aliphatic rings. The Morgan fingerprint density at radius 3 is 2.92 bits per heavy atom. The Hall–Kier alpha value is -1.10. The van der Waals surface area contributed by atoms with Crippen LogP contribution in [0.15, 0.2) is 0 Å². The molecule has 1 saturated heterocycles. The van der Waals surface area contributed by atoms with Crippen molar-refractivity contribution in [3.63, 3.8) is 0 Å². The van der Waals surface area contributed by atoms with Crippen LogP contribution in [0.5, 0.6) is 0 Å². The van der Waals surface area contributed by atoms with Crippen LogP contribution in [0.25, 0.3) is 0 Å². The standard InChI is InChI=1S/C7H13N3O2/c1-5(8)3-10-4-6(11)9-2-7(10)12/h5H,2-4,8H2,1H3,(H,9,11). The van der Waals surface area contributed by atoms with Gasteiger partial charge < -0.3 is 16.0 Å². The Labute approximate surface area is 70.9 Å². The number of carbonyl (C=O) groups excluding carboxylic acids is 2. The van der Waals surface area contributed by atoms with Crippen LogP contribution in [0.4, 0.5) is 0 Å². The summed E-state index contributed by atoms with van der Waals surface area (Å²) in [6.45, 7) is 2.50. The molecule has 12 heavy (non-hydrogen) atoms. The van der Waals surface area contributed by atoms with Gasteiger partial charge >= 0.3 is 0 Å². The van der Waals surface area contributed by atoms with Gasteiger partial charge in [0.15, 0.2) is 0 Å². The van der Waals surface area contributed by atoms with Crippen molar-refractivity contribution in [2.45, 2.75) is 13.0 Å². The number of hydrogen-bond acceptors (Lipinski definition) is 3. The molecule has 3 N–H and O–H groups in total. The monoisotopic (exact) mass is 171 g/mol. The zero-order chi connectivity index (χ0) is 9.14. The number of nitrogens with zero attached hydrogens (tertiary/aromatic N) is 1. The van der Waals surface area contributed by atoms with E-state index in [1.165, 1.54) is 4.90 Å². The third kappa shape index (κ3) is 2.20. The molecule has 0 bridgehead atoms. The Bertz CT molecular complexity index is 203. The molecule has 1 heterocycles. The second-order valence-corrected chi connectivity index (χ2v) is 3.03. The van der Waals surface area contributed by atoms with Gasteiger partial charge in [-0.3, -0.25) is 9.59 Å². The van der Waals surface area contributed by atoms with Crippen molar-refractivity contribution in [2.24, 2.45) is 5.73 Å². The van der Waals surface area contributed by atoms with Gasteiger partial charge in [0.25, 0.3) is 0 Å². The van der Waals surface area contributed by atoms with Crippen molar-refractivity contribution in [1.29, 1.82) is 0 Å². The molecule has 1 atom stereocenters. The van der Waals surface area contributed by atoms with Crippen molar-refractivity contribution in [2.75, 3.05) is 19.6 Å². The van der Waals surface area contributed by atoms with Crippen LogP contribution >= 0.6 is 0 Å². The fraction of sp³-hybridized carbons (Fsp3) is 0.714. The third-order valence-corrected chi connectivity index (χ3v) is 1.63. The number of amides is 2. The Morgan fingerprint density at radius 1 is 1.67 bits per heavy atom. The van der Waals surface area contributed by atoms with E-state index < -0.39 is 0 Å². The van der Waals surface area contributed by atoms with E-state index in [9.17, 15) is 9.59 Å². The van der Waals surface area contributed by atoms with Gasteiger partial charge in [-0.2, -0.15) is 0 Å². The molecule has 0 saturated carbocycles. The van der Waals surface area contributed by atoms with Crippen LogP contribution in [0.1, 0.15) is 6.92 Å². The highest BCUT2D eigenvalue weighted by Crippen LogP contribution is 1.95. The molecule has 1 aliphatic heterocycles. The first kappa shape index (κ1) is 8.99. The van der Waals surface area contributed by atoms with Crippen molar-refractivity contribution in [3.8, 4) is 0 Å². The Kier molecular flexibility index (Phi) is 2.65. The second-order valence-electron chi connectivity index (χ2n) is 3.03. The van der Waals surface area contributed by atoms with Gasteiger partial charge in [-0.15, -0.1) is 0 Å². The molecule has 68 valence electrons. The summed E-state index contributed by atoms with van der Waals surface area (Å²) in [6.07, 6.45) is 0. The van der Waals surface area contributed by atoms with Crippen molar-refractivity contribution < 1.29 is 9.59 Å². The summed E-state index contributed by atoms with van der Waals surface area (Å²) in [5.41, 5.74) is 5.51. The van der Waals surface area contributed by atoms with Gasteiger partial charge in [0.05, 0.1) is 13.1 Å². The van der Waals surface area contributed by atoms with Gasteiger partial charge in [0, 0.05) is 12.6 Å². The Morgan fingerprint density at radius 2 is 2.33 bits per heavy atom. The summed E-state index contributed by atoms with van der Waals surface area (Å²) >= 11 is 0. The molecule has 0 aromatic carbocycles.